The van der Waals surface area contributed by atoms with Crippen molar-refractivity contribution < 1.29 is 14.6 Å². The van der Waals surface area contributed by atoms with Gasteiger partial charge in [0.25, 0.3) is 0 Å². The first kappa shape index (κ1) is 22.1. The molecule has 0 aromatic heterocycles. The van der Waals surface area contributed by atoms with E-state index in [0.717, 1.165) is 29.5 Å². The molecule has 0 saturated carbocycles. The van der Waals surface area contributed by atoms with Crippen LogP contribution in [-0.4, -0.2) is 27.4 Å². The third-order valence-electron chi connectivity index (χ3n) is 7.44. The summed E-state index contributed by atoms with van der Waals surface area (Å²) < 4.78 is 11.1. The van der Waals surface area contributed by atoms with Gasteiger partial charge in [0.15, 0.2) is 11.5 Å². The number of phenols is 1. The van der Waals surface area contributed by atoms with Crippen molar-refractivity contribution in [3.05, 3.63) is 17.2 Å². The van der Waals surface area contributed by atoms with Crippen LogP contribution in [0.15, 0.2) is 6.07 Å². The lowest BCUT2D eigenvalue weighted by Crippen LogP contribution is -2.50. The zero-order valence-corrected chi connectivity index (χ0v) is 19.8. The van der Waals surface area contributed by atoms with Crippen LogP contribution in [0.1, 0.15) is 78.4 Å². The molecular formula is C23H40O3Si. The SMILES string of the molecule is CCC1CC([Si](C(C)C)(C(C)C)C(C)C)Cc2c1cc(OC)c(O)c2OC. The number of fused-ring (bicyclic) bond motifs is 1. The molecule has 4 heteroatoms. The summed E-state index contributed by atoms with van der Waals surface area (Å²) in [6.45, 7) is 17.0. The van der Waals surface area contributed by atoms with E-state index in [4.69, 9.17) is 9.47 Å². The first-order valence-electron chi connectivity index (χ1n) is 10.6. The highest BCUT2D eigenvalue weighted by Crippen LogP contribution is 2.58. The van der Waals surface area contributed by atoms with Crippen molar-refractivity contribution in [3.63, 3.8) is 0 Å². The first-order chi connectivity index (χ1) is 12.7. The summed E-state index contributed by atoms with van der Waals surface area (Å²) >= 11 is 0. The second kappa shape index (κ2) is 8.46. The lowest BCUT2D eigenvalue weighted by Gasteiger charge is -2.52. The molecule has 1 aliphatic rings. The van der Waals surface area contributed by atoms with Crippen LogP contribution in [0, 0.1) is 0 Å². The van der Waals surface area contributed by atoms with Crippen LogP contribution in [-0.2, 0) is 6.42 Å². The van der Waals surface area contributed by atoms with E-state index >= 15 is 0 Å². The number of hydrogen-bond acceptors (Lipinski definition) is 3. The number of aromatic hydroxyl groups is 1. The van der Waals surface area contributed by atoms with Crippen LogP contribution in [0.3, 0.4) is 0 Å². The van der Waals surface area contributed by atoms with E-state index in [-0.39, 0.29) is 5.75 Å². The van der Waals surface area contributed by atoms with E-state index in [2.05, 4.69) is 54.5 Å². The summed E-state index contributed by atoms with van der Waals surface area (Å²) in [4.78, 5) is 0. The van der Waals surface area contributed by atoms with Crippen LogP contribution >= 0.6 is 0 Å². The van der Waals surface area contributed by atoms with Gasteiger partial charge in [-0.05, 0) is 42.4 Å². The van der Waals surface area contributed by atoms with Gasteiger partial charge < -0.3 is 14.6 Å². The van der Waals surface area contributed by atoms with Gasteiger partial charge in [-0.25, -0.2) is 0 Å². The van der Waals surface area contributed by atoms with Crippen LogP contribution in [0.25, 0.3) is 0 Å². The molecule has 3 nitrogen and oxygen atoms in total. The Morgan fingerprint density at radius 2 is 1.59 bits per heavy atom. The largest absolute Gasteiger partial charge is 0.502 e. The molecule has 2 atom stereocenters. The summed E-state index contributed by atoms with van der Waals surface area (Å²) in [6.07, 6.45) is 3.38. The van der Waals surface area contributed by atoms with Gasteiger partial charge in [-0.1, -0.05) is 65.1 Å². The van der Waals surface area contributed by atoms with Gasteiger partial charge >= 0.3 is 0 Å². The number of ether oxygens (including phenoxy) is 2. The molecule has 2 unspecified atom stereocenters. The average Bonchev–Trinajstić information content (AvgIpc) is 2.60. The molecule has 0 heterocycles. The molecule has 1 aliphatic carbocycles. The highest BCUT2D eigenvalue weighted by molar-refractivity contribution is 6.84. The predicted molar refractivity (Wildman–Crippen MR) is 117 cm³/mol. The standard InChI is InChI=1S/C23H40O3Si/c1-10-17-11-18(27(14(2)3,15(4)5)16(6)7)12-20-19(17)13-21(25-8)22(24)23(20)26-9/h13-18,24H,10-12H2,1-9H3. The summed E-state index contributed by atoms with van der Waals surface area (Å²) in [5, 5.41) is 10.7. The van der Waals surface area contributed by atoms with E-state index < -0.39 is 8.07 Å². The second-order valence-electron chi connectivity index (χ2n) is 9.23. The van der Waals surface area contributed by atoms with E-state index in [9.17, 15) is 5.11 Å². The molecule has 0 bridgehead atoms. The van der Waals surface area contributed by atoms with Gasteiger partial charge in [0.05, 0.1) is 22.3 Å². The molecule has 0 spiro atoms. The lowest BCUT2D eigenvalue weighted by molar-refractivity contribution is 0.332. The minimum atomic E-state index is -1.60. The Hall–Kier alpha value is -1.16. The molecule has 0 saturated heterocycles. The summed E-state index contributed by atoms with van der Waals surface area (Å²) in [5.41, 5.74) is 5.45. The highest BCUT2D eigenvalue weighted by Gasteiger charge is 2.51. The van der Waals surface area contributed by atoms with E-state index in [0.29, 0.717) is 23.0 Å². The molecular weight excluding hydrogens is 352 g/mol. The minimum Gasteiger partial charge on any atom is -0.502 e. The van der Waals surface area contributed by atoms with Crippen LogP contribution in [0.2, 0.25) is 22.2 Å². The van der Waals surface area contributed by atoms with Crippen molar-refractivity contribution in [2.45, 2.75) is 95.8 Å². The molecule has 0 amide bonds. The Balaban J connectivity index is 2.67. The third-order valence-corrected chi connectivity index (χ3v) is 15.3. The quantitative estimate of drug-likeness (QED) is 0.513. The highest BCUT2D eigenvalue weighted by atomic mass is 28.3. The van der Waals surface area contributed by atoms with Crippen molar-refractivity contribution in [3.8, 4) is 17.2 Å². The normalized spacial score (nSPS) is 20.3. The topological polar surface area (TPSA) is 38.7 Å². The van der Waals surface area contributed by atoms with E-state index in [1.165, 1.54) is 17.5 Å². The maximum absolute atomic E-state index is 10.7. The van der Waals surface area contributed by atoms with Crippen molar-refractivity contribution in [2.75, 3.05) is 14.2 Å². The van der Waals surface area contributed by atoms with E-state index in [1.54, 1.807) is 14.2 Å². The molecule has 27 heavy (non-hydrogen) atoms. The Kier molecular flexibility index (Phi) is 6.94. The first-order valence-corrected chi connectivity index (χ1v) is 12.9. The van der Waals surface area contributed by atoms with Gasteiger partial charge in [-0.2, -0.15) is 0 Å². The number of hydrogen-bond donors (Lipinski definition) is 1. The summed E-state index contributed by atoms with van der Waals surface area (Å²) in [5.74, 6) is 1.82. The Labute approximate surface area is 167 Å². The van der Waals surface area contributed by atoms with E-state index in [1.807, 2.05) is 0 Å². The molecule has 1 aromatic carbocycles. The van der Waals surface area contributed by atoms with Crippen molar-refractivity contribution >= 4 is 8.07 Å². The van der Waals surface area contributed by atoms with Gasteiger partial charge in [-0.15, -0.1) is 0 Å². The number of rotatable bonds is 7. The number of methoxy groups -OCH3 is 2. The molecule has 0 fully saturated rings. The predicted octanol–water partition coefficient (Wildman–Crippen LogP) is 6.90. The van der Waals surface area contributed by atoms with Crippen molar-refractivity contribution in [1.29, 1.82) is 0 Å². The van der Waals surface area contributed by atoms with Crippen LogP contribution in [0.4, 0.5) is 0 Å². The Bertz CT molecular complexity index is 630. The van der Waals surface area contributed by atoms with Gasteiger partial charge in [-0.3, -0.25) is 0 Å². The number of benzene rings is 1. The van der Waals surface area contributed by atoms with Gasteiger partial charge in [0.2, 0.25) is 5.75 Å². The van der Waals surface area contributed by atoms with Crippen LogP contribution < -0.4 is 9.47 Å². The molecule has 2 rings (SSSR count). The maximum Gasteiger partial charge on any atom is 0.201 e. The smallest absolute Gasteiger partial charge is 0.201 e. The average molecular weight is 393 g/mol. The number of phenolic OH excluding ortho intramolecular Hbond substituents is 1. The van der Waals surface area contributed by atoms with Gasteiger partial charge in [0.1, 0.15) is 0 Å². The fourth-order valence-corrected chi connectivity index (χ4v) is 14.7. The Morgan fingerprint density at radius 3 is 2.00 bits per heavy atom. The fourth-order valence-electron chi connectivity index (χ4n) is 6.61. The van der Waals surface area contributed by atoms with Crippen molar-refractivity contribution in [1.82, 2.24) is 0 Å². The zero-order chi connectivity index (χ0) is 20.5. The zero-order valence-electron chi connectivity index (χ0n) is 18.8. The molecule has 0 radical (unpaired) electrons. The van der Waals surface area contributed by atoms with Crippen molar-refractivity contribution in [2.24, 2.45) is 0 Å². The van der Waals surface area contributed by atoms with Crippen LogP contribution in [0.5, 0.6) is 17.2 Å². The summed E-state index contributed by atoms with van der Waals surface area (Å²) in [7, 11) is 1.68. The lowest BCUT2D eigenvalue weighted by atomic mass is 9.80. The van der Waals surface area contributed by atoms with Gasteiger partial charge in [0, 0.05) is 5.56 Å². The minimum absolute atomic E-state index is 0.153. The molecule has 154 valence electrons. The summed E-state index contributed by atoms with van der Waals surface area (Å²) in [6, 6.07) is 2.06. The molecule has 1 N–H and O–H groups in total. The second-order valence-corrected chi connectivity index (χ2v) is 15.5. The molecule has 1 aromatic rings. The fraction of sp³-hybridized carbons (Fsp3) is 0.739. The third kappa shape index (κ3) is 3.50. The Morgan fingerprint density at radius 1 is 1.04 bits per heavy atom. The molecule has 0 aliphatic heterocycles. The monoisotopic (exact) mass is 392 g/mol. The maximum atomic E-state index is 10.7.